The van der Waals surface area contributed by atoms with Gasteiger partial charge in [-0.15, -0.1) is 0 Å². The zero-order chi connectivity index (χ0) is 11.3. The molecule has 0 aliphatic rings. The molecule has 0 heterocycles. The molecular formula is C13H16O2. The number of ether oxygens (including phenoxy) is 1. The molecule has 0 spiro atoms. The molecule has 0 fully saturated rings. The highest BCUT2D eigenvalue weighted by Crippen LogP contribution is 2.22. The summed E-state index contributed by atoms with van der Waals surface area (Å²) in [6, 6.07) is 3.99. The molecule has 0 aromatic heterocycles. The maximum Gasteiger partial charge on any atom is 0.123 e. The molecule has 0 radical (unpaired) electrons. The second-order valence-electron chi connectivity index (χ2n) is 3.48. The van der Waals surface area contributed by atoms with Gasteiger partial charge in [0.2, 0.25) is 0 Å². The van der Waals surface area contributed by atoms with Crippen molar-refractivity contribution in [1.82, 2.24) is 0 Å². The summed E-state index contributed by atoms with van der Waals surface area (Å²) in [7, 11) is 1.66. The van der Waals surface area contributed by atoms with Gasteiger partial charge >= 0.3 is 0 Å². The van der Waals surface area contributed by atoms with E-state index in [9.17, 15) is 4.79 Å². The van der Waals surface area contributed by atoms with Gasteiger partial charge in [0.05, 0.1) is 7.11 Å². The summed E-state index contributed by atoms with van der Waals surface area (Å²) in [5.41, 5.74) is 3.49. The minimum atomic E-state index is 0.463. The number of hydrogen-bond acceptors (Lipinski definition) is 2. The normalized spacial score (nSPS) is 10.6. The van der Waals surface area contributed by atoms with Crippen molar-refractivity contribution >= 4 is 12.4 Å². The summed E-state index contributed by atoms with van der Waals surface area (Å²) < 4.78 is 5.18. The second kappa shape index (κ2) is 5.35. The predicted octanol–water partition coefficient (Wildman–Crippen LogP) is 2.91. The lowest BCUT2D eigenvalue weighted by atomic mass is 10.0. The van der Waals surface area contributed by atoms with Gasteiger partial charge in [-0.2, -0.15) is 0 Å². The molecule has 1 aromatic carbocycles. The first-order chi connectivity index (χ1) is 7.19. The zero-order valence-electron chi connectivity index (χ0n) is 9.41. The largest absolute Gasteiger partial charge is 0.497 e. The van der Waals surface area contributed by atoms with Gasteiger partial charge in [-0.1, -0.05) is 12.2 Å². The molecule has 0 bridgehead atoms. The Morgan fingerprint density at radius 3 is 2.33 bits per heavy atom. The standard InChI is InChI=1S/C13H16O2/c1-10-8-12(15-3)9-11(2)13(10)6-4-5-7-14/h4,6-9H,5H2,1-3H3. The van der Waals surface area contributed by atoms with E-state index in [1.54, 1.807) is 7.11 Å². The van der Waals surface area contributed by atoms with Crippen molar-refractivity contribution < 1.29 is 9.53 Å². The van der Waals surface area contributed by atoms with Crippen LogP contribution in [0, 0.1) is 13.8 Å². The summed E-state index contributed by atoms with van der Waals surface area (Å²) in [6.07, 6.45) is 5.21. The molecule has 0 amide bonds. The molecule has 80 valence electrons. The number of hydrogen-bond donors (Lipinski definition) is 0. The molecule has 2 nitrogen and oxygen atoms in total. The van der Waals surface area contributed by atoms with Crippen molar-refractivity contribution in [1.29, 1.82) is 0 Å². The third-order valence-electron chi connectivity index (χ3n) is 2.32. The molecule has 0 unspecified atom stereocenters. The SMILES string of the molecule is COc1cc(C)c(C=CCC=O)c(C)c1. The van der Waals surface area contributed by atoms with Crippen molar-refractivity contribution in [2.75, 3.05) is 7.11 Å². The lowest BCUT2D eigenvalue weighted by molar-refractivity contribution is -0.107. The fraction of sp³-hybridized carbons (Fsp3) is 0.308. The van der Waals surface area contributed by atoms with E-state index in [-0.39, 0.29) is 0 Å². The summed E-state index contributed by atoms with van der Waals surface area (Å²) in [5, 5.41) is 0. The topological polar surface area (TPSA) is 26.3 Å². The highest BCUT2D eigenvalue weighted by Gasteiger charge is 2.01. The maximum atomic E-state index is 10.2. The molecule has 1 aromatic rings. The Morgan fingerprint density at radius 2 is 1.87 bits per heavy atom. The van der Waals surface area contributed by atoms with Crippen molar-refractivity contribution in [2.45, 2.75) is 20.3 Å². The Kier molecular flexibility index (Phi) is 4.10. The van der Waals surface area contributed by atoms with Gasteiger partial charge in [0.15, 0.2) is 0 Å². The van der Waals surface area contributed by atoms with Crippen LogP contribution >= 0.6 is 0 Å². The number of carbonyl (C=O) groups is 1. The Balaban J connectivity index is 3.02. The third-order valence-corrected chi connectivity index (χ3v) is 2.32. The van der Waals surface area contributed by atoms with Gasteiger partial charge in [-0.3, -0.25) is 0 Å². The third kappa shape index (κ3) is 2.94. The lowest BCUT2D eigenvalue weighted by Gasteiger charge is -2.08. The van der Waals surface area contributed by atoms with E-state index in [1.165, 1.54) is 0 Å². The molecule has 0 aliphatic heterocycles. The van der Waals surface area contributed by atoms with E-state index in [0.29, 0.717) is 6.42 Å². The summed E-state index contributed by atoms with van der Waals surface area (Å²) in [5.74, 6) is 0.873. The smallest absolute Gasteiger partial charge is 0.123 e. The minimum Gasteiger partial charge on any atom is -0.497 e. The van der Waals surface area contributed by atoms with Gasteiger partial charge in [-0.25, -0.2) is 0 Å². The molecule has 2 heteroatoms. The van der Waals surface area contributed by atoms with Gasteiger partial charge in [0.25, 0.3) is 0 Å². The maximum absolute atomic E-state index is 10.2. The fourth-order valence-corrected chi connectivity index (χ4v) is 1.56. The van der Waals surface area contributed by atoms with E-state index in [0.717, 1.165) is 28.7 Å². The quantitative estimate of drug-likeness (QED) is 0.705. The first-order valence-electron chi connectivity index (χ1n) is 4.94. The van der Waals surface area contributed by atoms with Crippen molar-refractivity contribution in [3.63, 3.8) is 0 Å². The zero-order valence-corrected chi connectivity index (χ0v) is 9.41. The van der Waals surface area contributed by atoms with Crippen molar-refractivity contribution in [3.05, 3.63) is 34.9 Å². The van der Waals surface area contributed by atoms with Gasteiger partial charge in [0.1, 0.15) is 12.0 Å². The van der Waals surface area contributed by atoms with E-state index in [1.807, 2.05) is 38.1 Å². The van der Waals surface area contributed by atoms with Crippen LogP contribution in [0.2, 0.25) is 0 Å². The summed E-state index contributed by atoms with van der Waals surface area (Å²) >= 11 is 0. The number of carbonyl (C=O) groups excluding carboxylic acids is 1. The predicted molar refractivity (Wildman–Crippen MR) is 62.2 cm³/mol. The van der Waals surface area contributed by atoms with Crippen molar-refractivity contribution in [2.24, 2.45) is 0 Å². The monoisotopic (exact) mass is 204 g/mol. The van der Waals surface area contributed by atoms with Crippen LogP contribution in [0.4, 0.5) is 0 Å². The van der Waals surface area contributed by atoms with Crippen LogP contribution in [-0.4, -0.2) is 13.4 Å². The molecule has 0 atom stereocenters. The number of allylic oxidation sites excluding steroid dienone is 1. The lowest BCUT2D eigenvalue weighted by Crippen LogP contribution is -1.90. The van der Waals surface area contributed by atoms with Crippen LogP contribution in [0.3, 0.4) is 0 Å². The number of methoxy groups -OCH3 is 1. The molecular weight excluding hydrogens is 188 g/mol. The number of aryl methyl sites for hydroxylation is 2. The van der Waals surface area contributed by atoms with Gasteiger partial charge in [-0.05, 0) is 42.7 Å². The van der Waals surface area contributed by atoms with Crippen LogP contribution in [0.5, 0.6) is 5.75 Å². The van der Waals surface area contributed by atoms with Gasteiger partial charge in [0, 0.05) is 6.42 Å². The van der Waals surface area contributed by atoms with Crippen LogP contribution in [0.1, 0.15) is 23.1 Å². The first kappa shape index (κ1) is 11.5. The Morgan fingerprint density at radius 1 is 1.27 bits per heavy atom. The van der Waals surface area contributed by atoms with E-state index >= 15 is 0 Å². The van der Waals surface area contributed by atoms with Crippen molar-refractivity contribution in [3.8, 4) is 5.75 Å². The Hall–Kier alpha value is -1.57. The van der Waals surface area contributed by atoms with Crippen LogP contribution in [0.25, 0.3) is 6.08 Å². The van der Waals surface area contributed by atoms with Crippen LogP contribution < -0.4 is 4.74 Å². The molecule has 0 N–H and O–H groups in total. The summed E-state index contributed by atoms with van der Waals surface area (Å²) in [4.78, 5) is 10.2. The van der Waals surface area contributed by atoms with Gasteiger partial charge < -0.3 is 9.53 Å². The Labute approximate surface area is 90.6 Å². The molecule has 0 saturated carbocycles. The highest BCUT2D eigenvalue weighted by atomic mass is 16.5. The van der Waals surface area contributed by atoms with Crippen LogP contribution in [-0.2, 0) is 4.79 Å². The average Bonchev–Trinajstić information content (AvgIpc) is 2.22. The average molecular weight is 204 g/mol. The van der Waals surface area contributed by atoms with E-state index in [4.69, 9.17) is 4.74 Å². The molecule has 1 rings (SSSR count). The van der Waals surface area contributed by atoms with Crippen LogP contribution in [0.15, 0.2) is 18.2 Å². The number of aldehydes is 1. The molecule has 15 heavy (non-hydrogen) atoms. The van der Waals surface area contributed by atoms with E-state index < -0.39 is 0 Å². The summed E-state index contributed by atoms with van der Waals surface area (Å²) in [6.45, 7) is 4.08. The highest BCUT2D eigenvalue weighted by molar-refractivity contribution is 5.62. The van der Waals surface area contributed by atoms with E-state index in [2.05, 4.69) is 0 Å². The first-order valence-corrected chi connectivity index (χ1v) is 4.94. The second-order valence-corrected chi connectivity index (χ2v) is 3.48. The minimum absolute atomic E-state index is 0.463. The molecule has 0 aliphatic carbocycles. The Bertz CT molecular complexity index is 355. The number of benzene rings is 1. The molecule has 0 saturated heterocycles. The fourth-order valence-electron chi connectivity index (χ4n) is 1.56. The number of rotatable bonds is 4.